The summed E-state index contributed by atoms with van der Waals surface area (Å²) >= 11 is 0. The summed E-state index contributed by atoms with van der Waals surface area (Å²) in [5, 5.41) is 0. The van der Waals surface area contributed by atoms with E-state index in [9.17, 15) is 4.79 Å². The summed E-state index contributed by atoms with van der Waals surface area (Å²) in [6, 6.07) is 8.03. The van der Waals surface area contributed by atoms with Gasteiger partial charge in [0.15, 0.2) is 11.6 Å². The van der Waals surface area contributed by atoms with Crippen LogP contribution in [0.2, 0.25) is 0 Å². The van der Waals surface area contributed by atoms with Crippen molar-refractivity contribution in [2.24, 2.45) is 5.92 Å². The predicted molar refractivity (Wildman–Crippen MR) is 91.0 cm³/mol. The molecule has 0 saturated heterocycles. The van der Waals surface area contributed by atoms with Crippen molar-refractivity contribution in [2.75, 3.05) is 7.11 Å². The Morgan fingerprint density at radius 3 is 2.50 bits per heavy atom. The van der Waals surface area contributed by atoms with E-state index in [1.807, 2.05) is 29.2 Å². The molecule has 0 bridgehead atoms. The molecule has 0 N–H and O–H groups in total. The van der Waals surface area contributed by atoms with Crippen LogP contribution in [-0.4, -0.2) is 28.9 Å². The molecule has 1 heterocycles. The van der Waals surface area contributed by atoms with Gasteiger partial charge >= 0.3 is 0 Å². The quantitative estimate of drug-likeness (QED) is 0.810. The smallest absolute Gasteiger partial charge is 0.276 e. The first-order chi connectivity index (χ1) is 11.5. The van der Waals surface area contributed by atoms with Crippen LogP contribution in [0.4, 0.5) is 0 Å². The highest BCUT2D eigenvalue weighted by Crippen LogP contribution is 2.36. The van der Waals surface area contributed by atoms with Crippen LogP contribution in [0.1, 0.15) is 47.5 Å². The number of hydrogen-bond donors (Lipinski definition) is 0. The third kappa shape index (κ3) is 3.45. The van der Waals surface area contributed by atoms with E-state index in [0.29, 0.717) is 29.8 Å². The van der Waals surface area contributed by atoms with Gasteiger partial charge in [0.2, 0.25) is 0 Å². The zero-order valence-corrected chi connectivity index (χ0v) is 14.7. The fraction of sp³-hybridized carbons (Fsp3) is 0.474. The molecule has 0 unspecified atom stereocenters. The average Bonchev–Trinajstić information content (AvgIpc) is 3.36. The van der Waals surface area contributed by atoms with Crippen LogP contribution in [-0.2, 0) is 6.54 Å². The molecule has 5 heteroatoms. The fourth-order valence-corrected chi connectivity index (χ4v) is 3.02. The summed E-state index contributed by atoms with van der Waals surface area (Å²) in [6.45, 7) is 6.25. The van der Waals surface area contributed by atoms with Crippen LogP contribution < -0.4 is 4.74 Å². The molecule has 1 aromatic carbocycles. The van der Waals surface area contributed by atoms with Crippen LogP contribution in [0.5, 0.6) is 5.75 Å². The SMILES string of the molecule is COc1ccc(CN(C(=O)c2nc(C)oc2C)[C@H](C)C2CC2)cc1. The Morgan fingerprint density at radius 2 is 2.00 bits per heavy atom. The molecule has 5 nitrogen and oxygen atoms in total. The van der Waals surface area contributed by atoms with Crippen LogP contribution in [0.15, 0.2) is 28.7 Å². The molecule has 2 aromatic rings. The number of carbonyl (C=O) groups is 1. The average molecular weight is 328 g/mol. The van der Waals surface area contributed by atoms with E-state index < -0.39 is 0 Å². The summed E-state index contributed by atoms with van der Waals surface area (Å²) in [7, 11) is 1.65. The second-order valence-corrected chi connectivity index (χ2v) is 6.50. The van der Waals surface area contributed by atoms with Gasteiger partial charge in [-0.1, -0.05) is 12.1 Å². The lowest BCUT2D eigenvalue weighted by atomic mass is 10.1. The lowest BCUT2D eigenvalue weighted by Gasteiger charge is -2.29. The van der Waals surface area contributed by atoms with Crippen molar-refractivity contribution in [3.05, 3.63) is 47.2 Å². The molecule has 24 heavy (non-hydrogen) atoms. The highest BCUT2D eigenvalue weighted by atomic mass is 16.5. The number of oxazole rings is 1. The van der Waals surface area contributed by atoms with Crippen LogP contribution >= 0.6 is 0 Å². The lowest BCUT2D eigenvalue weighted by Crippen LogP contribution is -2.39. The van der Waals surface area contributed by atoms with Gasteiger partial charge < -0.3 is 14.1 Å². The molecule has 3 rings (SSSR count). The molecular weight excluding hydrogens is 304 g/mol. The van der Waals surface area contributed by atoms with Crippen LogP contribution in [0, 0.1) is 19.8 Å². The van der Waals surface area contributed by atoms with Gasteiger partial charge in [0.05, 0.1) is 7.11 Å². The van der Waals surface area contributed by atoms with E-state index in [1.54, 1.807) is 21.0 Å². The van der Waals surface area contributed by atoms with Crippen molar-refractivity contribution in [1.82, 2.24) is 9.88 Å². The van der Waals surface area contributed by atoms with Gasteiger partial charge in [-0.25, -0.2) is 4.98 Å². The zero-order valence-electron chi connectivity index (χ0n) is 14.7. The van der Waals surface area contributed by atoms with E-state index in [1.165, 1.54) is 12.8 Å². The zero-order chi connectivity index (χ0) is 17.3. The number of nitrogens with zero attached hydrogens (tertiary/aromatic N) is 2. The van der Waals surface area contributed by atoms with Crippen molar-refractivity contribution in [3.63, 3.8) is 0 Å². The van der Waals surface area contributed by atoms with Gasteiger partial charge in [0, 0.05) is 19.5 Å². The van der Waals surface area contributed by atoms with Crippen molar-refractivity contribution in [3.8, 4) is 5.75 Å². The minimum absolute atomic E-state index is 0.0560. The van der Waals surface area contributed by atoms with Gasteiger partial charge in [0.1, 0.15) is 11.5 Å². The van der Waals surface area contributed by atoms with Crippen molar-refractivity contribution in [1.29, 1.82) is 0 Å². The lowest BCUT2D eigenvalue weighted by molar-refractivity contribution is 0.0647. The second kappa shape index (κ2) is 6.67. The Bertz CT molecular complexity index is 717. The number of aromatic nitrogens is 1. The fourth-order valence-electron chi connectivity index (χ4n) is 3.02. The van der Waals surface area contributed by atoms with Gasteiger partial charge in [-0.3, -0.25) is 4.79 Å². The van der Waals surface area contributed by atoms with Gasteiger partial charge in [-0.15, -0.1) is 0 Å². The van der Waals surface area contributed by atoms with Crippen LogP contribution in [0.3, 0.4) is 0 Å². The third-order valence-electron chi connectivity index (χ3n) is 4.67. The van der Waals surface area contributed by atoms with E-state index in [4.69, 9.17) is 9.15 Å². The molecule has 128 valence electrons. The molecule has 1 fully saturated rings. The first kappa shape index (κ1) is 16.6. The Morgan fingerprint density at radius 1 is 1.33 bits per heavy atom. The molecule has 0 aliphatic heterocycles. The number of hydrogen-bond acceptors (Lipinski definition) is 4. The summed E-state index contributed by atoms with van der Waals surface area (Å²) in [6.07, 6.45) is 2.37. The van der Waals surface area contributed by atoms with E-state index in [2.05, 4.69) is 11.9 Å². The van der Waals surface area contributed by atoms with Crippen LogP contribution in [0.25, 0.3) is 0 Å². The van der Waals surface area contributed by atoms with E-state index in [-0.39, 0.29) is 11.9 Å². The number of rotatable bonds is 6. The number of methoxy groups -OCH3 is 1. The van der Waals surface area contributed by atoms with E-state index in [0.717, 1.165) is 11.3 Å². The number of amides is 1. The molecule has 1 amide bonds. The second-order valence-electron chi connectivity index (χ2n) is 6.50. The normalized spacial score (nSPS) is 15.2. The summed E-state index contributed by atoms with van der Waals surface area (Å²) in [4.78, 5) is 19.3. The third-order valence-corrected chi connectivity index (χ3v) is 4.67. The molecule has 1 aliphatic carbocycles. The van der Waals surface area contributed by atoms with E-state index >= 15 is 0 Å². The maximum absolute atomic E-state index is 13.1. The molecule has 1 atom stereocenters. The maximum Gasteiger partial charge on any atom is 0.276 e. The Kier molecular flexibility index (Phi) is 4.60. The Labute approximate surface area is 142 Å². The molecule has 0 spiro atoms. The van der Waals surface area contributed by atoms with Crippen molar-refractivity contribution < 1.29 is 13.9 Å². The largest absolute Gasteiger partial charge is 0.497 e. The van der Waals surface area contributed by atoms with Crippen molar-refractivity contribution in [2.45, 2.75) is 46.2 Å². The first-order valence-corrected chi connectivity index (χ1v) is 8.37. The number of aryl methyl sites for hydroxylation is 2. The minimum atomic E-state index is -0.0560. The molecule has 0 radical (unpaired) electrons. The number of ether oxygens (including phenoxy) is 1. The standard InChI is InChI=1S/C19H24N2O3/c1-12(16-7-8-16)21(11-15-5-9-17(23-4)10-6-15)19(22)18-13(2)24-14(3)20-18/h5-6,9-10,12,16H,7-8,11H2,1-4H3/t12-/m1/s1. The molecule has 1 aliphatic rings. The highest BCUT2D eigenvalue weighted by Gasteiger charge is 2.36. The summed E-state index contributed by atoms with van der Waals surface area (Å²) in [5.74, 6) is 2.45. The Balaban J connectivity index is 1.85. The predicted octanol–water partition coefficient (Wildman–Crippen LogP) is 3.74. The highest BCUT2D eigenvalue weighted by molar-refractivity contribution is 5.93. The topological polar surface area (TPSA) is 55.6 Å². The van der Waals surface area contributed by atoms with Gasteiger partial charge in [-0.05, 0) is 50.3 Å². The summed E-state index contributed by atoms with van der Waals surface area (Å²) < 4.78 is 10.6. The molecule has 1 aromatic heterocycles. The minimum Gasteiger partial charge on any atom is -0.497 e. The maximum atomic E-state index is 13.1. The summed E-state index contributed by atoms with van der Waals surface area (Å²) in [5.41, 5.74) is 1.50. The van der Waals surface area contributed by atoms with Gasteiger partial charge in [0.25, 0.3) is 5.91 Å². The Hall–Kier alpha value is -2.30. The molecular formula is C19H24N2O3. The first-order valence-electron chi connectivity index (χ1n) is 8.37. The number of benzene rings is 1. The van der Waals surface area contributed by atoms with Gasteiger partial charge in [-0.2, -0.15) is 0 Å². The number of carbonyl (C=O) groups excluding carboxylic acids is 1. The van der Waals surface area contributed by atoms with Crippen molar-refractivity contribution >= 4 is 5.91 Å². The monoisotopic (exact) mass is 328 g/mol. The molecule has 1 saturated carbocycles.